The van der Waals surface area contributed by atoms with Gasteiger partial charge in [0.25, 0.3) is 5.91 Å². The maximum atomic E-state index is 12.5. The molecule has 0 bridgehead atoms. The lowest BCUT2D eigenvalue weighted by Crippen LogP contribution is -2.17. The third-order valence-corrected chi connectivity index (χ3v) is 5.90. The number of hydrogen-bond donors (Lipinski definition) is 0. The van der Waals surface area contributed by atoms with Gasteiger partial charge in [0.2, 0.25) is 6.79 Å². The summed E-state index contributed by atoms with van der Waals surface area (Å²) in [4.78, 5) is 17.4. The van der Waals surface area contributed by atoms with Crippen molar-refractivity contribution in [2.45, 2.75) is 13.0 Å². The van der Waals surface area contributed by atoms with Gasteiger partial charge in [-0.25, -0.2) is 0 Å². The van der Waals surface area contributed by atoms with Gasteiger partial charge in [-0.15, -0.1) is 6.58 Å². The van der Waals surface area contributed by atoms with Crippen LogP contribution in [0.1, 0.15) is 5.56 Å². The van der Waals surface area contributed by atoms with Gasteiger partial charge in [0, 0.05) is 6.54 Å². The van der Waals surface area contributed by atoms with Crippen LogP contribution in [0.15, 0.2) is 48.0 Å². The number of hydrogen-bond acceptors (Lipinski definition) is 4. The Hall–Kier alpha value is -2.28. The summed E-state index contributed by atoms with van der Waals surface area (Å²) in [7, 11) is 0. The molecule has 27 heavy (non-hydrogen) atoms. The van der Waals surface area contributed by atoms with Gasteiger partial charge in [0.05, 0.1) is 26.7 Å². The molecule has 0 spiro atoms. The monoisotopic (exact) mass is 420 g/mol. The van der Waals surface area contributed by atoms with Gasteiger partial charge in [-0.05, 0) is 29.8 Å². The number of allylic oxidation sites excluding steroid dienone is 1. The van der Waals surface area contributed by atoms with Crippen LogP contribution in [0.4, 0.5) is 0 Å². The summed E-state index contributed by atoms with van der Waals surface area (Å²) in [6, 6.07) is 8.89. The third-order valence-electron chi connectivity index (χ3n) is 4.05. The minimum Gasteiger partial charge on any atom is -0.454 e. The second kappa shape index (κ2) is 7.38. The molecule has 1 amide bonds. The summed E-state index contributed by atoms with van der Waals surface area (Å²) in [5.41, 5.74) is 1.56. The molecule has 0 saturated heterocycles. The summed E-state index contributed by atoms with van der Waals surface area (Å²) < 4.78 is 13.3. The summed E-state index contributed by atoms with van der Waals surface area (Å²) in [6.07, 6.45) is 1.88. The van der Waals surface area contributed by atoms with E-state index in [1.807, 2.05) is 10.6 Å². The molecule has 3 aromatic rings. The quantitative estimate of drug-likeness (QED) is 0.579. The van der Waals surface area contributed by atoms with Crippen molar-refractivity contribution >= 4 is 50.7 Å². The molecule has 1 aromatic heterocycles. The summed E-state index contributed by atoms with van der Waals surface area (Å²) in [5.74, 6) is 1.05. The summed E-state index contributed by atoms with van der Waals surface area (Å²) in [6.45, 7) is 4.44. The molecular weight excluding hydrogens is 407 g/mol. The van der Waals surface area contributed by atoms with E-state index in [0.29, 0.717) is 32.9 Å². The minimum absolute atomic E-state index is 0.153. The van der Waals surface area contributed by atoms with E-state index in [-0.39, 0.29) is 19.1 Å². The first-order chi connectivity index (χ1) is 13.1. The summed E-state index contributed by atoms with van der Waals surface area (Å²) >= 11 is 14.0. The van der Waals surface area contributed by atoms with E-state index in [2.05, 4.69) is 11.6 Å². The van der Waals surface area contributed by atoms with Crippen molar-refractivity contribution in [3.63, 3.8) is 0 Å². The number of fused-ring (bicyclic) bond motifs is 2. The maximum absolute atomic E-state index is 12.5. The first-order valence-corrected chi connectivity index (χ1v) is 9.68. The first-order valence-electron chi connectivity index (χ1n) is 8.11. The van der Waals surface area contributed by atoms with E-state index in [4.69, 9.17) is 32.7 Å². The molecule has 8 heteroatoms. The molecule has 1 aliphatic rings. The minimum atomic E-state index is -0.273. The van der Waals surface area contributed by atoms with Crippen molar-refractivity contribution in [1.82, 2.24) is 4.57 Å². The fourth-order valence-corrected chi connectivity index (χ4v) is 4.54. The van der Waals surface area contributed by atoms with E-state index in [9.17, 15) is 4.79 Å². The van der Waals surface area contributed by atoms with Gasteiger partial charge in [-0.2, -0.15) is 4.99 Å². The van der Waals surface area contributed by atoms with Crippen LogP contribution in [0.2, 0.25) is 10.0 Å². The Morgan fingerprint density at radius 1 is 1.22 bits per heavy atom. The molecule has 4 rings (SSSR count). The van der Waals surface area contributed by atoms with E-state index in [1.54, 1.807) is 30.3 Å². The van der Waals surface area contributed by atoms with Gasteiger partial charge in [0.15, 0.2) is 16.3 Å². The van der Waals surface area contributed by atoms with Gasteiger partial charge < -0.3 is 14.0 Å². The molecule has 0 atom stereocenters. The number of amides is 1. The number of ether oxygens (including phenoxy) is 2. The van der Waals surface area contributed by atoms with Crippen LogP contribution < -0.4 is 14.3 Å². The molecule has 0 saturated carbocycles. The maximum Gasteiger partial charge on any atom is 0.252 e. The molecule has 0 unspecified atom stereocenters. The lowest BCUT2D eigenvalue weighted by molar-refractivity contribution is -0.117. The van der Waals surface area contributed by atoms with E-state index < -0.39 is 0 Å². The Labute approximate surface area is 169 Å². The topological polar surface area (TPSA) is 52.8 Å². The second-order valence-electron chi connectivity index (χ2n) is 5.86. The Balaban J connectivity index is 1.72. The van der Waals surface area contributed by atoms with Gasteiger partial charge >= 0.3 is 0 Å². The molecule has 1 aliphatic heterocycles. The van der Waals surface area contributed by atoms with Crippen LogP contribution in [0, 0.1) is 0 Å². The highest BCUT2D eigenvalue weighted by atomic mass is 35.5. The fourth-order valence-electron chi connectivity index (χ4n) is 2.87. The van der Waals surface area contributed by atoms with Gasteiger partial charge in [-0.1, -0.05) is 46.7 Å². The van der Waals surface area contributed by atoms with Crippen LogP contribution in [0.3, 0.4) is 0 Å². The molecule has 0 N–H and O–H groups in total. The van der Waals surface area contributed by atoms with Crippen LogP contribution in [0.5, 0.6) is 11.5 Å². The number of nitrogens with zero attached hydrogens (tertiary/aromatic N) is 2. The smallest absolute Gasteiger partial charge is 0.252 e. The highest BCUT2D eigenvalue weighted by Gasteiger charge is 2.16. The van der Waals surface area contributed by atoms with Gasteiger partial charge in [-0.3, -0.25) is 4.79 Å². The molecule has 2 aromatic carbocycles. The van der Waals surface area contributed by atoms with Crippen LogP contribution in [-0.4, -0.2) is 17.3 Å². The third kappa shape index (κ3) is 3.48. The second-order valence-corrected chi connectivity index (χ2v) is 7.65. The molecule has 138 valence electrons. The number of carbonyl (C=O) groups excluding carboxylic acids is 1. The largest absolute Gasteiger partial charge is 0.454 e. The standard InChI is InChI=1S/C19H14Cl2N2O3S/c1-2-7-23-17-12(20)4-5-13(21)18(17)27-19(23)22-16(24)9-11-3-6-14-15(8-11)26-10-25-14/h2-6,8H,1,7,9-10H2. The predicted molar refractivity (Wildman–Crippen MR) is 107 cm³/mol. The van der Waals surface area contributed by atoms with E-state index in [1.165, 1.54) is 11.3 Å². The number of thiazole rings is 1. The summed E-state index contributed by atoms with van der Waals surface area (Å²) in [5, 5.41) is 1.12. The van der Waals surface area contributed by atoms with Crippen LogP contribution >= 0.6 is 34.5 Å². The highest BCUT2D eigenvalue weighted by molar-refractivity contribution is 7.17. The van der Waals surface area contributed by atoms with Crippen LogP contribution in [0.25, 0.3) is 10.2 Å². The van der Waals surface area contributed by atoms with Crippen molar-refractivity contribution < 1.29 is 14.3 Å². The van der Waals surface area contributed by atoms with Crippen molar-refractivity contribution in [3.05, 3.63) is 63.4 Å². The zero-order valence-corrected chi connectivity index (χ0v) is 16.4. The predicted octanol–water partition coefficient (Wildman–Crippen LogP) is 4.59. The Kier molecular flexibility index (Phi) is 4.95. The van der Waals surface area contributed by atoms with Crippen molar-refractivity contribution in [2.75, 3.05) is 6.79 Å². The number of aromatic nitrogens is 1. The number of rotatable bonds is 4. The van der Waals surface area contributed by atoms with E-state index in [0.717, 1.165) is 15.8 Å². The average Bonchev–Trinajstić information content (AvgIpc) is 3.24. The number of halogens is 2. The fraction of sp³-hybridized carbons (Fsp3) is 0.158. The Bertz CT molecular complexity index is 1130. The lowest BCUT2D eigenvalue weighted by Gasteiger charge is -2.03. The highest BCUT2D eigenvalue weighted by Crippen LogP contribution is 2.33. The SMILES string of the molecule is C=CCn1c(=NC(=O)Cc2ccc3c(c2)OCO3)sc2c(Cl)ccc(Cl)c21. The van der Waals surface area contributed by atoms with E-state index >= 15 is 0 Å². The zero-order valence-electron chi connectivity index (χ0n) is 14.1. The van der Waals surface area contributed by atoms with Crippen molar-refractivity contribution in [3.8, 4) is 11.5 Å². The molecule has 0 radical (unpaired) electrons. The van der Waals surface area contributed by atoms with Crippen molar-refractivity contribution in [2.24, 2.45) is 4.99 Å². The first kappa shape index (κ1) is 18.1. The molecule has 5 nitrogen and oxygen atoms in total. The Morgan fingerprint density at radius 3 is 2.81 bits per heavy atom. The molecule has 0 aliphatic carbocycles. The molecule has 2 heterocycles. The molecular formula is C19H14Cl2N2O3S. The molecule has 0 fully saturated rings. The number of benzene rings is 2. The average molecular weight is 421 g/mol. The van der Waals surface area contributed by atoms with Crippen molar-refractivity contribution in [1.29, 1.82) is 0 Å². The van der Waals surface area contributed by atoms with Gasteiger partial charge in [0.1, 0.15) is 0 Å². The Morgan fingerprint density at radius 2 is 2.00 bits per heavy atom. The lowest BCUT2D eigenvalue weighted by atomic mass is 10.1. The normalized spacial score (nSPS) is 13.3. The van der Waals surface area contributed by atoms with Crippen LogP contribution in [-0.2, 0) is 17.8 Å². The number of carbonyl (C=O) groups is 1. The zero-order chi connectivity index (χ0) is 19.0.